The van der Waals surface area contributed by atoms with Crippen molar-refractivity contribution < 1.29 is 38.1 Å². The first-order valence-electron chi connectivity index (χ1n) is 12.6. The molecule has 2 N–H and O–H groups in total. The fourth-order valence-corrected chi connectivity index (χ4v) is 4.11. The summed E-state index contributed by atoms with van der Waals surface area (Å²) in [6.07, 6.45) is 0.498. The summed E-state index contributed by atoms with van der Waals surface area (Å²) in [7, 11) is 4.40. The van der Waals surface area contributed by atoms with E-state index in [-0.39, 0.29) is 24.6 Å². The van der Waals surface area contributed by atoms with Crippen LogP contribution in [0.3, 0.4) is 0 Å². The highest BCUT2D eigenvalue weighted by molar-refractivity contribution is 5.91. The van der Waals surface area contributed by atoms with Gasteiger partial charge in [0.1, 0.15) is 12.4 Å². The van der Waals surface area contributed by atoms with E-state index >= 15 is 0 Å². The van der Waals surface area contributed by atoms with Crippen LogP contribution in [-0.2, 0) is 19.9 Å². The maximum absolute atomic E-state index is 13.1. The molecular weight excluding hydrogens is 516 g/mol. The van der Waals surface area contributed by atoms with Gasteiger partial charge in [-0.3, -0.25) is 14.9 Å². The standard InChI is InChI=1S/C30H34N2O8/c1-6-30(22-10-8-7-9-11-22,31-18-27(34)40-24-14-12-23(13-15-24)32-20(2)33)19-39-29(35)21-16-25(36-3)28(38-5)26(17-21)37-4/h7-17,31H,6,18-19H2,1-5H3,(H,32,33)/t30-/m1/s1. The maximum Gasteiger partial charge on any atom is 0.338 e. The molecule has 0 spiro atoms. The molecule has 0 aliphatic rings. The third-order valence-electron chi connectivity index (χ3n) is 6.26. The zero-order valence-corrected chi connectivity index (χ0v) is 23.2. The van der Waals surface area contributed by atoms with Crippen molar-refractivity contribution in [3.63, 3.8) is 0 Å². The van der Waals surface area contributed by atoms with Crippen LogP contribution in [0.4, 0.5) is 5.69 Å². The van der Waals surface area contributed by atoms with E-state index in [0.29, 0.717) is 35.1 Å². The summed E-state index contributed by atoms with van der Waals surface area (Å²) in [5.41, 5.74) is 0.761. The molecule has 0 unspecified atom stereocenters. The molecule has 3 aromatic rings. The highest BCUT2D eigenvalue weighted by Crippen LogP contribution is 2.38. The third-order valence-corrected chi connectivity index (χ3v) is 6.26. The van der Waals surface area contributed by atoms with E-state index in [1.54, 1.807) is 24.3 Å². The smallest absolute Gasteiger partial charge is 0.338 e. The summed E-state index contributed by atoms with van der Waals surface area (Å²) >= 11 is 0. The molecule has 0 saturated carbocycles. The summed E-state index contributed by atoms with van der Waals surface area (Å²) in [5.74, 6) is 0.00904. The minimum absolute atomic E-state index is 0.0678. The molecule has 0 saturated heterocycles. The van der Waals surface area contributed by atoms with Crippen LogP contribution in [0.15, 0.2) is 66.7 Å². The average Bonchev–Trinajstić information content (AvgIpc) is 2.97. The lowest BCUT2D eigenvalue weighted by Crippen LogP contribution is -2.49. The lowest BCUT2D eigenvalue weighted by atomic mass is 9.88. The van der Waals surface area contributed by atoms with Gasteiger partial charge in [-0.25, -0.2) is 4.79 Å². The van der Waals surface area contributed by atoms with Crippen molar-refractivity contribution in [3.8, 4) is 23.0 Å². The molecular formula is C30H34N2O8. The molecule has 0 bridgehead atoms. The second-order valence-corrected chi connectivity index (χ2v) is 8.83. The summed E-state index contributed by atoms with van der Waals surface area (Å²) in [4.78, 5) is 37.1. The van der Waals surface area contributed by atoms with Gasteiger partial charge in [0, 0.05) is 12.6 Å². The van der Waals surface area contributed by atoms with Gasteiger partial charge < -0.3 is 29.0 Å². The van der Waals surface area contributed by atoms with E-state index in [1.807, 2.05) is 37.3 Å². The van der Waals surface area contributed by atoms with Crippen LogP contribution in [0, 0.1) is 0 Å². The molecule has 10 heteroatoms. The van der Waals surface area contributed by atoms with Crippen LogP contribution in [0.2, 0.25) is 0 Å². The molecule has 0 aliphatic carbocycles. The van der Waals surface area contributed by atoms with Gasteiger partial charge in [-0.15, -0.1) is 0 Å². The van der Waals surface area contributed by atoms with E-state index < -0.39 is 17.5 Å². The number of methoxy groups -OCH3 is 3. The zero-order valence-electron chi connectivity index (χ0n) is 23.2. The third kappa shape index (κ3) is 7.51. The van der Waals surface area contributed by atoms with E-state index in [0.717, 1.165) is 5.56 Å². The fourth-order valence-electron chi connectivity index (χ4n) is 4.11. The molecule has 3 aromatic carbocycles. The van der Waals surface area contributed by atoms with Crippen molar-refractivity contribution >= 4 is 23.5 Å². The van der Waals surface area contributed by atoms with Crippen LogP contribution in [0.5, 0.6) is 23.0 Å². The highest BCUT2D eigenvalue weighted by atomic mass is 16.5. The van der Waals surface area contributed by atoms with Crippen LogP contribution in [0.1, 0.15) is 36.2 Å². The predicted molar refractivity (Wildman–Crippen MR) is 149 cm³/mol. The number of nitrogens with one attached hydrogen (secondary N) is 2. The van der Waals surface area contributed by atoms with Crippen LogP contribution in [-0.4, -0.2) is 52.3 Å². The SMILES string of the molecule is CC[C@](COC(=O)c1cc(OC)c(OC)c(OC)c1)(NCC(=O)Oc1ccc(NC(C)=O)cc1)c1ccccc1. The van der Waals surface area contributed by atoms with Crippen molar-refractivity contribution in [3.05, 3.63) is 77.9 Å². The second kappa shape index (κ2) is 14.0. The molecule has 10 nitrogen and oxygen atoms in total. The summed E-state index contributed by atoms with van der Waals surface area (Å²) in [5, 5.41) is 5.90. The van der Waals surface area contributed by atoms with E-state index in [4.69, 9.17) is 23.7 Å². The largest absolute Gasteiger partial charge is 0.493 e. The van der Waals surface area contributed by atoms with Gasteiger partial charge in [-0.1, -0.05) is 37.3 Å². The topological polar surface area (TPSA) is 121 Å². The number of anilines is 1. The Morgan fingerprint density at radius 3 is 2.00 bits per heavy atom. The van der Waals surface area contributed by atoms with Gasteiger partial charge in [0.2, 0.25) is 11.7 Å². The molecule has 1 amide bonds. The fraction of sp³-hybridized carbons (Fsp3) is 0.300. The number of ether oxygens (including phenoxy) is 5. The van der Waals surface area contributed by atoms with Crippen molar-refractivity contribution in [1.82, 2.24) is 5.32 Å². The number of hydrogen-bond donors (Lipinski definition) is 2. The molecule has 212 valence electrons. The van der Waals surface area contributed by atoms with Crippen LogP contribution in [0.25, 0.3) is 0 Å². The van der Waals surface area contributed by atoms with Gasteiger partial charge in [-0.05, 0) is 48.4 Å². The minimum atomic E-state index is -0.883. The van der Waals surface area contributed by atoms with Gasteiger partial charge >= 0.3 is 11.9 Å². The summed E-state index contributed by atoms with van der Waals surface area (Å²) in [6, 6.07) is 18.9. The number of amides is 1. The van der Waals surface area contributed by atoms with Crippen molar-refractivity contribution in [2.75, 3.05) is 39.8 Å². The Morgan fingerprint density at radius 2 is 1.48 bits per heavy atom. The number of hydrogen-bond acceptors (Lipinski definition) is 9. The lowest BCUT2D eigenvalue weighted by Gasteiger charge is -2.34. The normalized spacial score (nSPS) is 12.0. The Hall–Kier alpha value is -4.57. The maximum atomic E-state index is 13.1. The van der Waals surface area contributed by atoms with Gasteiger partial charge in [-0.2, -0.15) is 0 Å². The summed E-state index contributed by atoms with van der Waals surface area (Å²) < 4.78 is 27.2. The summed E-state index contributed by atoms with van der Waals surface area (Å²) in [6.45, 7) is 3.12. The van der Waals surface area contributed by atoms with Gasteiger partial charge in [0.25, 0.3) is 0 Å². The monoisotopic (exact) mass is 550 g/mol. The average molecular weight is 551 g/mol. The first-order chi connectivity index (χ1) is 19.2. The quantitative estimate of drug-likeness (QED) is 0.237. The predicted octanol–water partition coefficient (Wildman–Crippen LogP) is 4.33. The van der Waals surface area contributed by atoms with Crippen molar-refractivity contribution in [2.24, 2.45) is 0 Å². The van der Waals surface area contributed by atoms with Crippen LogP contribution >= 0.6 is 0 Å². The van der Waals surface area contributed by atoms with E-state index in [2.05, 4.69) is 10.6 Å². The molecule has 0 heterocycles. The number of rotatable bonds is 13. The van der Waals surface area contributed by atoms with Crippen molar-refractivity contribution in [2.45, 2.75) is 25.8 Å². The van der Waals surface area contributed by atoms with Crippen molar-refractivity contribution in [1.29, 1.82) is 0 Å². The molecule has 3 rings (SSSR count). The Morgan fingerprint density at radius 1 is 0.850 bits per heavy atom. The van der Waals surface area contributed by atoms with Gasteiger partial charge in [0.15, 0.2) is 11.5 Å². The molecule has 0 aliphatic heterocycles. The Kier molecular flexibility index (Phi) is 10.5. The van der Waals surface area contributed by atoms with Crippen LogP contribution < -0.4 is 29.6 Å². The number of carbonyl (C=O) groups is 3. The van der Waals surface area contributed by atoms with Gasteiger partial charge in [0.05, 0.1) is 39.0 Å². The number of carbonyl (C=O) groups excluding carboxylic acids is 3. The molecule has 0 fully saturated rings. The lowest BCUT2D eigenvalue weighted by molar-refractivity contribution is -0.134. The Labute approximate surface area is 233 Å². The first kappa shape index (κ1) is 30.0. The minimum Gasteiger partial charge on any atom is -0.493 e. The zero-order chi connectivity index (χ0) is 29.1. The van der Waals surface area contributed by atoms with E-state index in [9.17, 15) is 14.4 Å². The number of esters is 2. The molecule has 1 atom stereocenters. The molecule has 0 radical (unpaired) electrons. The molecule has 0 aromatic heterocycles. The Bertz CT molecular complexity index is 1290. The highest BCUT2D eigenvalue weighted by Gasteiger charge is 2.33. The van der Waals surface area contributed by atoms with E-state index in [1.165, 1.54) is 40.4 Å². The number of benzene rings is 3. The molecule has 40 heavy (non-hydrogen) atoms. The first-order valence-corrected chi connectivity index (χ1v) is 12.6. The second-order valence-electron chi connectivity index (χ2n) is 8.83. The Balaban J connectivity index is 1.76.